The second-order valence-corrected chi connectivity index (χ2v) is 12.8. The van der Waals surface area contributed by atoms with Crippen LogP contribution in [0.5, 0.6) is 11.5 Å². The maximum atomic E-state index is 13.5. The first-order chi connectivity index (χ1) is 18.5. The molecule has 0 bridgehead atoms. The molecule has 15 heteroatoms. The number of aromatic nitrogens is 1. The van der Waals surface area contributed by atoms with Crippen molar-refractivity contribution in [1.82, 2.24) is 4.57 Å². The number of hydrogen-bond acceptors (Lipinski definition) is 6. The smallest absolute Gasteiger partial charge is 0.469 e. The van der Waals surface area contributed by atoms with Gasteiger partial charge < -0.3 is 14.0 Å². The van der Waals surface area contributed by atoms with Crippen LogP contribution >= 0.6 is 0 Å². The molecule has 0 unspecified atom stereocenters. The predicted octanol–water partition coefficient (Wildman–Crippen LogP) is 5.92. The van der Waals surface area contributed by atoms with Crippen LogP contribution in [0.25, 0.3) is 32.9 Å². The maximum Gasteiger partial charge on any atom is 0.469 e. The fraction of sp³-hybridized carbons (Fsp3) is 0.240. The number of hydrogen-bond donors (Lipinski definition) is 0. The molecule has 216 valence electrons. The Bertz CT molecular complexity index is 1770. The van der Waals surface area contributed by atoms with E-state index in [1.807, 2.05) is 0 Å². The van der Waals surface area contributed by atoms with E-state index < -0.39 is 47.3 Å². The van der Waals surface area contributed by atoms with Crippen molar-refractivity contribution in [2.24, 2.45) is 7.05 Å². The zero-order valence-electron chi connectivity index (χ0n) is 20.9. The van der Waals surface area contributed by atoms with E-state index in [4.69, 9.17) is 9.47 Å². The molecule has 1 aromatic heterocycles. The van der Waals surface area contributed by atoms with Gasteiger partial charge in [0.15, 0.2) is 0 Å². The molecule has 40 heavy (non-hydrogen) atoms. The number of rotatable bonds is 7. The number of sulfone groups is 2. The third-order valence-electron chi connectivity index (χ3n) is 6.39. The Hall–Kier alpha value is -3.46. The fourth-order valence-corrected chi connectivity index (χ4v) is 7.36. The van der Waals surface area contributed by atoms with Gasteiger partial charge in [-0.15, -0.1) is 6.42 Å². The van der Waals surface area contributed by atoms with Crippen molar-refractivity contribution >= 4 is 41.5 Å². The fourth-order valence-electron chi connectivity index (χ4n) is 4.43. The minimum absolute atomic E-state index is 0.0336. The van der Waals surface area contributed by atoms with E-state index in [1.165, 1.54) is 44.6 Å². The number of fused-ring (bicyclic) bond motifs is 3. The standard InChI is InChI=1S/C25H20F6NO6S2/c1-32-19-11-9-17(38-3)13-18(19)23-20(32)10-6-15(22(23)14-4-7-16(37-2)8-5-14)12-21(39(33,34)24(26,27)28)40(35,36)25(29,30)31/h4-11,13H,12H2,1-3H3/q-1. The number of ether oxygens (including phenoxy) is 2. The lowest BCUT2D eigenvalue weighted by Crippen LogP contribution is -2.40. The molecule has 0 aliphatic heterocycles. The Morgan fingerprint density at radius 2 is 1.25 bits per heavy atom. The first-order valence-corrected chi connectivity index (χ1v) is 14.1. The summed E-state index contributed by atoms with van der Waals surface area (Å²) in [5, 5.41) is 0.802. The van der Waals surface area contributed by atoms with E-state index >= 15 is 0 Å². The minimum Gasteiger partial charge on any atom is -0.497 e. The SMILES string of the molecule is COc1ccc(-c2c(C[C-](S(=O)(=O)C(F)(F)F)S(=O)(=O)C(F)(F)F)ccc3c2c2cc(OC)ccc2n3C)cc1. The average Bonchev–Trinajstić information content (AvgIpc) is 3.16. The molecule has 0 saturated heterocycles. The first-order valence-electron chi connectivity index (χ1n) is 11.2. The number of alkyl halides is 6. The number of nitrogens with zero attached hydrogens (tertiary/aromatic N) is 1. The molecular weight excluding hydrogens is 588 g/mol. The van der Waals surface area contributed by atoms with Gasteiger partial charge in [0.1, 0.15) is 31.2 Å². The molecule has 4 aromatic rings. The Kier molecular flexibility index (Phi) is 7.28. The Labute approximate surface area is 224 Å². The van der Waals surface area contributed by atoms with Crippen LogP contribution in [0.1, 0.15) is 5.56 Å². The summed E-state index contributed by atoms with van der Waals surface area (Å²) in [6.07, 6.45) is -1.71. The van der Waals surface area contributed by atoms with Crippen LogP contribution in [0, 0.1) is 4.58 Å². The van der Waals surface area contributed by atoms with Crippen LogP contribution in [0.3, 0.4) is 0 Å². The summed E-state index contributed by atoms with van der Waals surface area (Å²) in [7, 11) is -9.40. The molecule has 0 fully saturated rings. The van der Waals surface area contributed by atoms with E-state index in [9.17, 15) is 43.2 Å². The molecule has 0 radical (unpaired) electrons. The quantitative estimate of drug-likeness (QED) is 0.191. The summed E-state index contributed by atoms with van der Waals surface area (Å²) < 4.78 is 139. The molecule has 4 rings (SSSR count). The molecule has 0 spiro atoms. The molecule has 0 aliphatic rings. The van der Waals surface area contributed by atoms with E-state index in [1.54, 1.807) is 29.8 Å². The van der Waals surface area contributed by atoms with Crippen LogP contribution < -0.4 is 9.47 Å². The van der Waals surface area contributed by atoms with Gasteiger partial charge in [-0.3, -0.25) is 16.8 Å². The highest BCUT2D eigenvalue weighted by atomic mass is 32.3. The van der Waals surface area contributed by atoms with Gasteiger partial charge in [-0.1, -0.05) is 28.3 Å². The van der Waals surface area contributed by atoms with Gasteiger partial charge in [0.2, 0.25) is 0 Å². The largest absolute Gasteiger partial charge is 0.497 e. The molecule has 0 amide bonds. The lowest BCUT2D eigenvalue weighted by molar-refractivity contribution is -0.0455. The summed E-state index contributed by atoms with van der Waals surface area (Å²) in [6.45, 7) is 0. The van der Waals surface area contributed by atoms with Crippen molar-refractivity contribution in [3.8, 4) is 22.6 Å². The van der Waals surface area contributed by atoms with Gasteiger partial charge in [-0.2, -0.15) is 26.3 Å². The summed E-state index contributed by atoms with van der Waals surface area (Å²) in [6, 6.07) is 13.3. The van der Waals surface area contributed by atoms with Crippen molar-refractivity contribution < 1.29 is 52.7 Å². The van der Waals surface area contributed by atoms with E-state index in [0.29, 0.717) is 33.3 Å². The van der Waals surface area contributed by atoms with Crippen LogP contribution in [-0.2, 0) is 33.1 Å². The lowest BCUT2D eigenvalue weighted by Gasteiger charge is -2.32. The zero-order valence-corrected chi connectivity index (χ0v) is 22.5. The molecule has 7 nitrogen and oxygen atoms in total. The van der Waals surface area contributed by atoms with Gasteiger partial charge in [-0.25, -0.2) is 0 Å². The number of benzene rings is 3. The highest BCUT2D eigenvalue weighted by molar-refractivity contribution is 8.13. The lowest BCUT2D eigenvalue weighted by atomic mass is 9.93. The second-order valence-electron chi connectivity index (χ2n) is 8.61. The summed E-state index contributed by atoms with van der Waals surface area (Å²) in [5.74, 6) is 0.765. The molecule has 1 heterocycles. The van der Waals surface area contributed by atoms with Crippen LogP contribution in [0.15, 0.2) is 54.6 Å². The highest BCUT2D eigenvalue weighted by Crippen LogP contribution is 2.46. The van der Waals surface area contributed by atoms with E-state index in [0.717, 1.165) is 6.07 Å². The Balaban J connectivity index is 2.12. The van der Waals surface area contributed by atoms with Crippen molar-refractivity contribution in [3.05, 3.63) is 64.7 Å². The van der Waals surface area contributed by atoms with Gasteiger partial charge in [0.25, 0.3) is 0 Å². The molecule has 0 atom stereocenters. The average molecular weight is 609 g/mol. The number of halogens is 6. The summed E-state index contributed by atoms with van der Waals surface area (Å²) >= 11 is 0. The number of methoxy groups -OCH3 is 2. The molecule has 0 N–H and O–H groups in total. The van der Waals surface area contributed by atoms with Gasteiger partial charge in [0.05, 0.1) is 14.2 Å². The molecular formula is C25H20F6NO6S2-. The van der Waals surface area contributed by atoms with Crippen molar-refractivity contribution in [1.29, 1.82) is 0 Å². The summed E-state index contributed by atoms with van der Waals surface area (Å²) in [4.78, 5) is 0. The maximum absolute atomic E-state index is 13.5. The topological polar surface area (TPSA) is 91.7 Å². The minimum atomic E-state index is -6.92. The normalized spacial score (nSPS) is 13.3. The van der Waals surface area contributed by atoms with Crippen LogP contribution in [-0.4, -0.2) is 46.6 Å². The van der Waals surface area contributed by atoms with Crippen LogP contribution in [0.2, 0.25) is 0 Å². The third kappa shape index (κ3) is 4.74. The van der Waals surface area contributed by atoms with Crippen molar-refractivity contribution in [2.45, 2.75) is 17.4 Å². The predicted molar refractivity (Wildman–Crippen MR) is 136 cm³/mol. The monoisotopic (exact) mass is 608 g/mol. The van der Waals surface area contributed by atoms with E-state index in [-0.39, 0.29) is 11.1 Å². The molecule has 0 saturated carbocycles. The van der Waals surface area contributed by atoms with E-state index in [2.05, 4.69) is 0 Å². The van der Waals surface area contributed by atoms with Gasteiger partial charge in [0, 0.05) is 28.9 Å². The van der Waals surface area contributed by atoms with Crippen LogP contribution in [0.4, 0.5) is 26.3 Å². The Morgan fingerprint density at radius 3 is 1.75 bits per heavy atom. The second kappa shape index (κ2) is 9.87. The highest BCUT2D eigenvalue weighted by Gasteiger charge is 2.53. The van der Waals surface area contributed by atoms with Gasteiger partial charge in [-0.05, 0) is 47.5 Å². The molecule has 0 aliphatic carbocycles. The van der Waals surface area contributed by atoms with Crippen molar-refractivity contribution in [2.75, 3.05) is 14.2 Å². The van der Waals surface area contributed by atoms with Crippen molar-refractivity contribution in [3.63, 3.8) is 0 Å². The molecule has 3 aromatic carbocycles. The summed E-state index contributed by atoms with van der Waals surface area (Å²) in [5.41, 5.74) is -11.6. The third-order valence-corrected chi connectivity index (χ3v) is 10.4. The zero-order chi connectivity index (χ0) is 29.8. The Morgan fingerprint density at radius 1 is 0.750 bits per heavy atom. The number of aryl methyl sites for hydroxylation is 1. The first kappa shape index (κ1) is 29.5. The van der Waals surface area contributed by atoms with Gasteiger partial charge >= 0.3 is 11.0 Å².